The van der Waals surface area contributed by atoms with Crippen molar-refractivity contribution >= 4 is 5.78 Å². The van der Waals surface area contributed by atoms with Crippen LogP contribution in [0.2, 0.25) is 0 Å². The second kappa shape index (κ2) is 5.80. The molecule has 2 nitrogen and oxygen atoms in total. The van der Waals surface area contributed by atoms with Gasteiger partial charge in [-0.25, -0.2) is 0 Å². The van der Waals surface area contributed by atoms with Gasteiger partial charge < -0.3 is 5.32 Å². The molecule has 1 aliphatic heterocycles. The fourth-order valence-corrected chi connectivity index (χ4v) is 2.24. The first kappa shape index (κ1) is 11.3. The van der Waals surface area contributed by atoms with Crippen LogP contribution in [-0.4, -0.2) is 18.9 Å². The number of nitrogens with one attached hydrogen (secondary N) is 1. The first-order valence-corrected chi connectivity index (χ1v) is 6.13. The number of hydrogen-bond donors (Lipinski definition) is 1. The molecule has 1 unspecified atom stereocenters. The van der Waals surface area contributed by atoms with Crippen LogP contribution < -0.4 is 5.32 Å². The molecule has 1 aromatic carbocycles. The fourth-order valence-electron chi connectivity index (χ4n) is 2.24. The number of aryl methyl sites for hydroxylation is 1. The summed E-state index contributed by atoms with van der Waals surface area (Å²) < 4.78 is 0. The second-order valence-corrected chi connectivity index (χ2v) is 4.50. The van der Waals surface area contributed by atoms with Gasteiger partial charge in [-0.05, 0) is 31.4 Å². The van der Waals surface area contributed by atoms with Gasteiger partial charge in [0, 0.05) is 18.9 Å². The average molecular weight is 217 g/mol. The molecule has 1 saturated heterocycles. The number of Topliss-reactive ketones (excluding diaryl/α,β-unsaturated/α-hetero) is 1. The molecule has 1 atom stereocenters. The number of benzene rings is 1. The van der Waals surface area contributed by atoms with Crippen LogP contribution in [0.25, 0.3) is 0 Å². The molecule has 16 heavy (non-hydrogen) atoms. The molecule has 1 fully saturated rings. The van der Waals surface area contributed by atoms with E-state index in [2.05, 4.69) is 17.4 Å². The lowest BCUT2D eigenvalue weighted by Gasteiger charge is -2.21. The molecule has 0 bridgehead atoms. The van der Waals surface area contributed by atoms with E-state index >= 15 is 0 Å². The van der Waals surface area contributed by atoms with Gasteiger partial charge >= 0.3 is 0 Å². The van der Waals surface area contributed by atoms with Gasteiger partial charge in [-0.2, -0.15) is 0 Å². The van der Waals surface area contributed by atoms with Gasteiger partial charge in [-0.1, -0.05) is 30.3 Å². The maximum atomic E-state index is 11.9. The van der Waals surface area contributed by atoms with Crippen molar-refractivity contribution in [2.75, 3.05) is 13.1 Å². The first-order chi connectivity index (χ1) is 7.86. The van der Waals surface area contributed by atoms with Crippen molar-refractivity contribution in [2.45, 2.75) is 25.7 Å². The van der Waals surface area contributed by atoms with E-state index in [0.717, 1.165) is 32.4 Å². The number of hydrogen-bond acceptors (Lipinski definition) is 2. The Bertz CT molecular complexity index is 328. The third-order valence-corrected chi connectivity index (χ3v) is 3.26. The molecule has 2 heteroatoms. The lowest BCUT2D eigenvalue weighted by molar-refractivity contribution is -0.123. The average Bonchev–Trinajstić information content (AvgIpc) is 2.38. The van der Waals surface area contributed by atoms with Crippen LogP contribution in [0.3, 0.4) is 0 Å². The molecule has 2 rings (SSSR count). The predicted octanol–water partition coefficient (Wildman–Crippen LogP) is 2.19. The summed E-state index contributed by atoms with van der Waals surface area (Å²) in [5.74, 6) is 0.688. The van der Waals surface area contributed by atoms with Crippen LogP contribution in [-0.2, 0) is 11.2 Å². The van der Waals surface area contributed by atoms with Gasteiger partial charge in [0.2, 0.25) is 0 Å². The van der Waals surface area contributed by atoms with Gasteiger partial charge in [0.1, 0.15) is 5.78 Å². The van der Waals surface area contributed by atoms with E-state index in [4.69, 9.17) is 0 Å². The highest BCUT2D eigenvalue weighted by atomic mass is 16.1. The zero-order chi connectivity index (χ0) is 11.2. The van der Waals surface area contributed by atoms with Crippen molar-refractivity contribution in [2.24, 2.45) is 5.92 Å². The molecular formula is C14H19NO. The van der Waals surface area contributed by atoms with E-state index in [-0.39, 0.29) is 5.92 Å². The topological polar surface area (TPSA) is 29.1 Å². The first-order valence-electron chi connectivity index (χ1n) is 6.13. The van der Waals surface area contributed by atoms with Crippen LogP contribution in [0, 0.1) is 5.92 Å². The minimum absolute atomic E-state index is 0.262. The summed E-state index contributed by atoms with van der Waals surface area (Å²) in [5, 5.41) is 3.29. The largest absolute Gasteiger partial charge is 0.316 e. The highest BCUT2D eigenvalue weighted by molar-refractivity contribution is 5.81. The fraction of sp³-hybridized carbons (Fsp3) is 0.500. The van der Waals surface area contributed by atoms with E-state index in [9.17, 15) is 4.79 Å². The molecule has 0 spiro atoms. The Morgan fingerprint density at radius 3 is 2.81 bits per heavy atom. The Morgan fingerprint density at radius 2 is 2.12 bits per heavy atom. The number of ketones is 1. The molecule has 0 aliphatic carbocycles. The normalized spacial score (nSPS) is 20.6. The summed E-state index contributed by atoms with van der Waals surface area (Å²) >= 11 is 0. The zero-order valence-electron chi connectivity index (χ0n) is 9.61. The Morgan fingerprint density at radius 1 is 1.31 bits per heavy atom. The SMILES string of the molecule is O=C(CCc1ccccc1)C1CCCNC1. The molecule has 1 heterocycles. The zero-order valence-corrected chi connectivity index (χ0v) is 9.61. The lowest BCUT2D eigenvalue weighted by Crippen LogP contribution is -2.34. The summed E-state index contributed by atoms with van der Waals surface area (Å²) in [6.07, 6.45) is 3.79. The monoisotopic (exact) mass is 217 g/mol. The number of carbonyl (C=O) groups is 1. The summed E-state index contributed by atoms with van der Waals surface area (Å²) in [4.78, 5) is 11.9. The van der Waals surface area contributed by atoms with Gasteiger partial charge in [-0.3, -0.25) is 4.79 Å². The van der Waals surface area contributed by atoms with E-state index in [1.807, 2.05) is 18.2 Å². The summed E-state index contributed by atoms with van der Waals surface area (Å²) in [6.45, 7) is 1.95. The van der Waals surface area contributed by atoms with Gasteiger partial charge in [0.05, 0.1) is 0 Å². The van der Waals surface area contributed by atoms with Crippen molar-refractivity contribution in [3.05, 3.63) is 35.9 Å². The standard InChI is InChI=1S/C14H19NO/c16-14(13-7-4-10-15-11-13)9-8-12-5-2-1-3-6-12/h1-3,5-6,13,15H,4,7-11H2. The van der Waals surface area contributed by atoms with Crippen molar-refractivity contribution < 1.29 is 4.79 Å². The maximum absolute atomic E-state index is 11.9. The second-order valence-electron chi connectivity index (χ2n) is 4.50. The smallest absolute Gasteiger partial charge is 0.137 e. The highest BCUT2D eigenvalue weighted by Crippen LogP contribution is 2.14. The van der Waals surface area contributed by atoms with E-state index in [1.54, 1.807) is 0 Å². The molecule has 1 aromatic rings. The Hall–Kier alpha value is -1.15. The molecule has 0 saturated carbocycles. The van der Waals surface area contributed by atoms with E-state index < -0.39 is 0 Å². The molecule has 1 aliphatic rings. The van der Waals surface area contributed by atoms with Crippen molar-refractivity contribution in [1.82, 2.24) is 5.32 Å². The van der Waals surface area contributed by atoms with Crippen LogP contribution in [0.1, 0.15) is 24.8 Å². The number of piperidine rings is 1. The summed E-state index contributed by atoms with van der Waals surface area (Å²) in [5.41, 5.74) is 1.26. The third-order valence-electron chi connectivity index (χ3n) is 3.26. The summed E-state index contributed by atoms with van der Waals surface area (Å²) in [7, 11) is 0. The highest BCUT2D eigenvalue weighted by Gasteiger charge is 2.19. The minimum atomic E-state index is 0.262. The minimum Gasteiger partial charge on any atom is -0.316 e. The van der Waals surface area contributed by atoms with Crippen molar-refractivity contribution in [1.29, 1.82) is 0 Å². The van der Waals surface area contributed by atoms with Gasteiger partial charge in [0.15, 0.2) is 0 Å². The van der Waals surface area contributed by atoms with Crippen LogP contribution in [0.4, 0.5) is 0 Å². The van der Waals surface area contributed by atoms with E-state index in [1.165, 1.54) is 5.56 Å². The Labute approximate surface area is 97.1 Å². The molecule has 86 valence electrons. The molecule has 1 N–H and O–H groups in total. The predicted molar refractivity (Wildman–Crippen MR) is 65.4 cm³/mol. The Kier molecular flexibility index (Phi) is 4.11. The molecule has 0 amide bonds. The van der Waals surface area contributed by atoms with Crippen molar-refractivity contribution in [3.8, 4) is 0 Å². The number of carbonyl (C=O) groups excluding carboxylic acids is 1. The van der Waals surface area contributed by atoms with Crippen LogP contribution in [0.5, 0.6) is 0 Å². The lowest BCUT2D eigenvalue weighted by atomic mass is 9.92. The molecule has 0 aromatic heterocycles. The van der Waals surface area contributed by atoms with Crippen LogP contribution >= 0.6 is 0 Å². The van der Waals surface area contributed by atoms with Crippen molar-refractivity contribution in [3.63, 3.8) is 0 Å². The maximum Gasteiger partial charge on any atom is 0.137 e. The third kappa shape index (κ3) is 3.17. The molecular weight excluding hydrogens is 198 g/mol. The van der Waals surface area contributed by atoms with Crippen LogP contribution in [0.15, 0.2) is 30.3 Å². The van der Waals surface area contributed by atoms with Gasteiger partial charge in [0.25, 0.3) is 0 Å². The quantitative estimate of drug-likeness (QED) is 0.837. The van der Waals surface area contributed by atoms with E-state index in [0.29, 0.717) is 12.2 Å². The summed E-state index contributed by atoms with van der Waals surface area (Å²) in [6, 6.07) is 10.2. The Balaban J connectivity index is 1.79. The number of rotatable bonds is 4. The van der Waals surface area contributed by atoms with Gasteiger partial charge in [-0.15, -0.1) is 0 Å². The molecule has 0 radical (unpaired) electrons.